The van der Waals surface area contributed by atoms with E-state index in [9.17, 15) is 9.18 Å². The molecule has 0 bridgehead atoms. The lowest BCUT2D eigenvalue weighted by Gasteiger charge is -2.09. The highest BCUT2D eigenvalue weighted by molar-refractivity contribution is 9.10. The van der Waals surface area contributed by atoms with Gasteiger partial charge < -0.3 is 16.4 Å². The zero-order chi connectivity index (χ0) is 14.5. The topological polar surface area (TPSA) is 67.2 Å². The van der Waals surface area contributed by atoms with Gasteiger partial charge in [-0.05, 0) is 36.4 Å². The van der Waals surface area contributed by atoms with Crippen LogP contribution in [0.15, 0.2) is 46.9 Å². The first-order valence-corrected chi connectivity index (χ1v) is 6.68. The lowest BCUT2D eigenvalue weighted by atomic mass is 10.2. The second-order valence-corrected chi connectivity index (χ2v) is 5.08. The third-order valence-corrected chi connectivity index (χ3v) is 3.11. The van der Waals surface area contributed by atoms with Crippen molar-refractivity contribution in [3.05, 3.63) is 58.3 Å². The van der Waals surface area contributed by atoms with E-state index in [2.05, 4.69) is 26.6 Å². The van der Waals surface area contributed by atoms with Gasteiger partial charge in [0.05, 0.1) is 0 Å². The predicted molar refractivity (Wildman–Crippen MR) is 81.1 cm³/mol. The van der Waals surface area contributed by atoms with Crippen molar-refractivity contribution in [3.63, 3.8) is 0 Å². The number of carbonyl (C=O) groups excluding carboxylic acids is 1. The average Bonchev–Trinajstić information content (AvgIpc) is 2.39. The minimum atomic E-state index is -0.625. The Morgan fingerprint density at radius 1 is 1.20 bits per heavy atom. The van der Waals surface area contributed by atoms with Crippen molar-refractivity contribution in [1.29, 1.82) is 0 Å². The van der Waals surface area contributed by atoms with Crippen molar-refractivity contribution < 1.29 is 9.18 Å². The van der Waals surface area contributed by atoms with Gasteiger partial charge in [0.15, 0.2) is 0 Å². The smallest absolute Gasteiger partial charge is 0.316 e. The highest BCUT2D eigenvalue weighted by Crippen LogP contribution is 2.19. The average molecular weight is 338 g/mol. The Bertz CT molecular complexity index is 634. The summed E-state index contributed by atoms with van der Waals surface area (Å²) in [5, 5.41) is 5.57. The molecule has 2 amide bonds. The molecule has 4 N–H and O–H groups in total. The maximum atomic E-state index is 13.6. The van der Waals surface area contributed by atoms with E-state index < -0.39 is 6.03 Å². The van der Waals surface area contributed by atoms with Gasteiger partial charge in [-0.3, -0.25) is 0 Å². The highest BCUT2D eigenvalue weighted by Gasteiger charge is 2.03. The molecule has 2 rings (SSSR count). The Balaban J connectivity index is 2.07. The molecule has 104 valence electrons. The standard InChI is InChI=1S/C14H13BrFN3O/c15-10-4-5-13(16)9(6-10)8-18-11-2-1-3-12(7-11)19-14(17)20/h1-7,18H,8H2,(H3,17,19,20). The number of hydrogen-bond donors (Lipinski definition) is 3. The fraction of sp³-hybridized carbons (Fsp3) is 0.0714. The van der Waals surface area contributed by atoms with Gasteiger partial charge in [-0.2, -0.15) is 0 Å². The van der Waals surface area contributed by atoms with Crippen LogP contribution in [0.2, 0.25) is 0 Å². The van der Waals surface area contributed by atoms with Crippen molar-refractivity contribution in [1.82, 2.24) is 0 Å². The molecule has 0 aromatic heterocycles. The summed E-state index contributed by atoms with van der Waals surface area (Å²) in [6.07, 6.45) is 0. The summed E-state index contributed by atoms with van der Waals surface area (Å²) in [6, 6.07) is 11.2. The van der Waals surface area contributed by atoms with E-state index in [1.165, 1.54) is 6.07 Å². The molecule has 6 heteroatoms. The molecule has 0 aliphatic rings. The molecule has 0 saturated carbocycles. The molecule has 0 aliphatic carbocycles. The van der Waals surface area contributed by atoms with Gasteiger partial charge in [0.2, 0.25) is 0 Å². The second-order valence-electron chi connectivity index (χ2n) is 4.16. The third-order valence-electron chi connectivity index (χ3n) is 2.62. The van der Waals surface area contributed by atoms with Crippen LogP contribution in [0.1, 0.15) is 5.56 Å². The van der Waals surface area contributed by atoms with Gasteiger partial charge in [0.1, 0.15) is 5.82 Å². The van der Waals surface area contributed by atoms with E-state index >= 15 is 0 Å². The van der Waals surface area contributed by atoms with Crippen LogP contribution in [0.4, 0.5) is 20.6 Å². The molecule has 20 heavy (non-hydrogen) atoms. The van der Waals surface area contributed by atoms with Crippen molar-refractivity contribution in [2.24, 2.45) is 5.73 Å². The molecule has 0 unspecified atom stereocenters. The molecule has 0 spiro atoms. The summed E-state index contributed by atoms with van der Waals surface area (Å²) >= 11 is 3.31. The van der Waals surface area contributed by atoms with Gasteiger partial charge in [0, 0.05) is 28.0 Å². The minimum absolute atomic E-state index is 0.271. The van der Waals surface area contributed by atoms with Crippen LogP contribution in [0, 0.1) is 5.82 Å². The number of rotatable bonds is 4. The maximum Gasteiger partial charge on any atom is 0.316 e. The first-order valence-electron chi connectivity index (χ1n) is 5.89. The fourth-order valence-corrected chi connectivity index (χ4v) is 2.13. The van der Waals surface area contributed by atoms with E-state index in [1.54, 1.807) is 30.3 Å². The van der Waals surface area contributed by atoms with Crippen LogP contribution in [-0.2, 0) is 6.54 Å². The van der Waals surface area contributed by atoms with Crippen LogP contribution in [0.25, 0.3) is 0 Å². The molecule has 0 aliphatic heterocycles. The van der Waals surface area contributed by atoms with Gasteiger partial charge in [-0.25, -0.2) is 9.18 Å². The molecule has 0 heterocycles. The molecule has 2 aromatic carbocycles. The van der Waals surface area contributed by atoms with Crippen LogP contribution < -0.4 is 16.4 Å². The predicted octanol–water partition coefficient (Wildman–Crippen LogP) is 3.69. The lowest BCUT2D eigenvalue weighted by Crippen LogP contribution is -2.19. The third kappa shape index (κ3) is 3.96. The Hall–Kier alpha value is -2.08. The zero-order valence-corrected chi connectivity index (χ0v) is 12.1. The van der Waals surface area contributed by atoms with Crippen LogP contribution in [-0.4, -0.2) is 6.03 Å². The van der Waals surface area contributed by atoms with Gasteiger partial charge in [-0.1, -0.05) is 22.0 Å². The Morgan fingerprint density at radius 2 is 1.95 bits per heavy atom. The van der Waals surface area contributed by atoms with E-state index in [0.717, 1.165) is 10.2 Å². The SMILES string of the molecule is NC(=O)Nc1cccc(NCc2cc(Br)ccc2F)c1. The zero-order valence-electron chi connectivity index (χ0n) is 10.5. The Kier molecular flexibility index (Phi) is 4.57. The Morgan fingerprint density at radius 3 is 2.70 bits per heavy atom. The van der Waals surface area contributed by atoms with Gasteiger partial charge in [-0.15, -0.1) is 0 Å². The number of carbonyl (C=O) groups is 1. The Labute approximate surface area is 124 Å². The summed E-state index contributed by atoms with van der Waals surface area (Å²) in [5.41, 5.74) is 6.94. The number of primary amides is 1. The number of hydrogen-bond acceptors (Lipinski definition) is 2. The number of benzene rings is 2. The number of nitrogens with two attached hydrogens (primary N) is 1. The van der Waals surface area contributed by atoms with Crippen molar-refractivity contribution >= 4 is 33.3 Å². The molecule has 0 saturated heterocycles. The highest BCUT2D eigenvalue weighted by atomic mass is 79.9. The number of amides is 2. The number of anilines is 2. The first-order chi connectivity index (χ1) is 9.54. The molecule has 0 atom stereocenters. The van der Waals surface area contributed by atoms with Crippen molar-refractivity contribution in [3.8, 4) is 0 Å². The summed E-state index contributed by atoms with van der Waals surface area (Å²) in [6.45, 7) is 0.339. The summed E-state index contributed by atoms with van der Waals surface area (Å²) in [4.78, 5) is 10.8. The summed E-state index contributed by atoms with van der Waals surface area (Å²) in [5.74, 6) is -0.271. The van der Waals surface area contributed by atoms with Crippen LogP contribution in [0.3, 0.4) is 0 Å². The van der Waals surface area contributed by atoms with Gasteiger partial charge >= 0.3 is 6.03 Å². The number of nitrogens with one attached hydrogen (secondary N) is 2. The van der Waals surface area contributed by atoms with Crippen molar-refractivity contribution in [2.45, 2.75) is 6.54 Å². The monoisotopic (exact) mass is 337 g/mol. The minimum Gasteiger partial charge on any atom is -0.381 e. The molecular formula is C14H13BrFN3O. The molecule has 0 radical (unpaired) electrons. The summed E-state index contributed by atoms with van der Waals surface area (Å²) in [7, 11) is 0. The summed E-state index contributed by atoms with van der Waals surface area (Å²) < 4.78 is 14.4. The normalized spacial score (nSPS) is 10.1. The molecule has 4 nitrogen and oxygen atoms in total. The van der Waals surface area contributed by atoms with Crippen molar-refractivity contribution in [2.75, 3.05) is 10.6 Å². The molecule has 2 aromatic rings. The number of halogens is 2. The quantitative estimate of drug-likeness (QED) is 0.796. The molecule has 0 fully saturated rings. The largest absolute Gasteiger partial charge is 0.381 e. The second kappa shape index (κ2) is 6.38. The van der Waals surface area contributed by atoms with E-state index in [0.29, 0.717) is 17.8 Å². The first kappa shape index (κ1) is 14.3. The number of urea groups is 1. The molecular weight excluding hydrogens is 325 g/mol. The van der Waals surface area contributed by atoms with Crippen LogP contribution >= 0.6 is 15.9 Å². The van der Waals surface area contributed by atoms with E-state index in [1.807, 2.05) is 6.07 Å². The lowest BCUT2D eigenvalue weighted by molar-refractivity contribution is 0.259. The van der Waals surface area contributed by atoms with E-state index in [4.69, 9.17) is 5.73 Å². The van der Waals surface area contributed by atoms with E-state index in [-0.39, 0.29) is 5.82 Å². The fourth-order valence-electron chi connectivity index (χ4n) is 1.73. The maximum absolute atomic E-state index is 13.6. The van der Waals surface area contributed by atoms with Crippen LogP contribution in [0.5, 0.6) is 0 Å². The van der Waals surface area contributed by atoms with Gasteiger partial charge in [0.25, 0.3) is 0 Å².